The van der Waals surface area contributed by atoms with E-state index in [4.69, 9.17) is 9.84 Å². The van der Waals surface area contributed by atoms with E-state index in [0.717, 1.165) is 16.3 Å². The molecule has 0 spiro atoms. The van der Waals surface area contributed by atoms with Gasteiger partial charge in [-0.2, -0.15) is 0 Å². The zero-order valence-corrected chi connectivity index (χ0v) is 11.1. The first kappa shape index (κ1) is 14.1. The van der Waals surface area contributed by atoms with Crippen LogP contribution in [0.2, 0.25) is 0 Å². The SMILES string of the molecule is C=CCNCc1c(OCC(=O)O)ccc2ccccc12. The summed E-state index contributed by atoms with van der Waals surface area (Å²) in [5.74, 6) is -0.383. The first-order chi connectivity index (χ1) is 9.72. The number of ether oxygens (including phenoxy) is 1. The quantitative estimate of drug-likeness (QED) is 0.600. The largest absolute Gasteiger partial charge is 0.482 e. The fourth-order valence-electron chi connectivity index (χ4n) is 2.07. The zero-order chi connectivity index (χ0) is 14.4. The molecule has 2 aromatic rings. The lowest BCUT2D eigenvalue weighted by molar-refractivity contribution is -0.139. The summed E-state index contributed by atoms with van der Waals surface area (Å²) in [5, 5.41) is 14.1. The van der Waals surface area contributed by atoms with Crippen molar-refractivity contribution in [2.24, 2.45) is 0 Å². The van der Waals surface area contributed by atoms with Crippen LogP contribution in [0.15, 0.2) is 49.1 Å². The minimum absolute atomic E-state index is 0.340. The van der Waals surface area contributed by atoms with E-state index >= 15 is 0 Å². The molecule has 20 heavy (non-hydrogen) atoms. The van der Waals surface area contributed by atoms with Crippen molar-refractivity contribution in [2.75, 3.05) is 13.2 Å². The first-order valence-corrected chi connectivity index (χ1v) is 6.39. The van der Waals surface area contributed by atoms with Gasteiger partial charge in [0.2, 0.25) is 0 Å². The Labute approximate surface area is 117 Å². The third kappa shape index (κ3) is 3.36. The Bertz CT molecular complexity index is 622. The van der Waals surface area contributed by atoms with Crippen molar-refractivity contribution in [1.29, 1.82) is 0 Å². The highest BCUT2D eigenvalue weighted by molar-refractivity contribution is 5.87. The molecule has 0 amide bonds. The number of hydrogen-bond donors (Lipinski definition) is 2. The van der Waals surface area contributed by atoms with Gasteiger partial charge in [0.25, 0.3) is 0 Å². The Balaban J connectivity index is 2.35. The molecular weight excluding hydrogens is 254 g/mol. The van der Waals surface area contributed by atoms with E-state index < -0.39 is 5.97 Å². The van der Waals surface area contributed by atoms with Gasteiger partial charge in [0.05, 0.1) is 0 Å². The van der Waals surface area contributed by atoms with Gasteiger partial charge in [-0.15, -0.1) is 6.58 Å². The average Bonchev–Trinajstić information content (AvgIpc) is 2.46. The summed E-state index contributed by atoms with van der Waals surface area (Å²) in [5.41, 5.74) is 0.964. The maximum absolute atomic E-state index is 10.7. The maximum atomic E-state index is 10.7. The number of nitrogens with one attached hydrogen (secondary N) is 1. The molecule has 0 saturated carbocycles. The lowest BCUT2D eigenvalue weighted by Gasteiger charge is -2.13. The minimum Gasteiger partial charge on any atom is -0.482 e. The van der Waals surface area contributed by atoms with Gasteiger partial charge in [0.15, 0.2) is 6.61 Å². The van der Waals surface area contributed by atoms with Gasteiger partial charge >= 0.3 is 5.97 Å². The summed E-state index contributed by atoms with van der Waals surface area (Å²) in [6.45, 7) is 4.61. The summed E-state index contributed by atoms with van der Waals surface area (Å²) >= 11 is 0. The highest BCUT2D eigenvalue weighted by Gasteiger charge is 2.09. The summed E-state index contributed by atoms with van der Waals surface area (Å²) in [7, 11) is 0. The predicted molar refractivity (Wildman–Crippen MR) is 79.0 cm³/mol. The number of fused-ring (bicyclic) bond motifs is 1. The molecule has 0 fully saturated rings. The fraction of sp³-hybridized carbons (Fsp3) is 0.188. The van der Waals surface area contributed by atoms with Crippen LogP contribution in [0.5, 0.6) is 5.75 Å². The smallest absolute Gasteiger partial charge is 0.341 e. The highest BCUT2D eigenvalue weighted by Crippen LogP contribution is 2.28. The second-order valence-electron chi connectivity index (χ2n) is 4.37. The molecule has 0 radical (unpaired) electrons. The van der Waals surface area contributed by atoms with Crippen LogP contribution in [0.3, 0.4) is 0 Å². The number of carbonyl (C=O) groups is 1. The molecule has 0 aliphatic rings. The molecule has 0 unspecified atom stereocenters. The third-order valence-electron chi connectivity index (χ3n) is 2.94. The lowest BCUT2D eigenvalue weighted by Crippen LogP contribution is -2.16. The number of hydrogen-bond acceptors (Lipinski definition) is 3. The van der Waals surface area contributed by atoms with Crippen LogP contribution >= 0.6 is 0 Å². The van der Waals surface area contributed by atoms with Crippen LogP contribution in [-0.4, -0.2) is 24.2 Å². The molecular formula is C16H17NO3. The topological polar surface area (TPSA) is 58.6 Å². The van der Waals surface area contributed by atoms with E-state index in [-0.39, 0.29) is 6.61 Å². The van der Waals surface area contributed by atoms with Crippen LogP contribution in [0.25, 0.3) is 10.8 Å². The molecule has 0 bridgehead atoms. The fourth-order valence-corrected chi connectivity index (χ4v) is 2.07. The van der Waals surface area contributed by atoms with Crippen molar-refractivity contribution < 1.29 is 14.6 Å². The van der Waals surface area contributed by atoms with Crippen LogP contribution in [0.4, 0.5) is 0 Å². The molecule has 4 nitrogen and oxygen atoms in total. The van der Waals surface area contributed by atoms with E-state index in [0.29, 0.717) is 18.8 Å². The third-order valence-corrected chi connectivity index (χ3v) is 2.94. The second-order valence-corrected chi connectivity index (χ2v) is 4.37. The molecule has 4 heteroatoms. The van der Waals surface area contributed by atoms with Crippen molar-refractivity contribution in [2.45, 2.75) is 6.54 Å². The minimum atomic E-state index is -0.983. The van der Waals surface area contributed by atoms with E-state index in [2.05, 4.69) is 11.9 Å². The number of carboxylic acids is 1. The Morgan fingerprint density at radius 1 is 1.30 bits per heavy atom. The van der Waals surface area contributed by atoms with Crippen LogP contribution in [0.1, 0.15) is 5.56 Å². The number of benzene rings is 2. The van der Waals surface area contributed by atoms with Crippen LogP contribution < -0.4 is 10.1 Å². The molecule has 2 rings (SSSR count). The van der Waals surface area contributed by atoms with Gasteiger partial charge in [0, 0.05) is 18.7 Å². The molecule has 0 aromatic heterocycles. The maximum Gasteiger partial charge on any atom is 0.341 e. The first-order valence-electron chi connectivity index (χ1n) is 6.39. The van der Waals surface area contributed by atoms with Crippen molar-refractivity contribution >= 4 is 16.7 Å². The van der Waals surface area contributed by atoms with Gasteiger partial charge in [-0.25, -0.2) is 4.79 Å². The Hall–Kier alpha value is -2.33. The van der Waals surface area contributed by atoms with E-state index in [9.17, 15) is 4.79 Å². The van der Waals surface area contributed by atoms with Crippen molar-refractivity contribution in [3.05, 3.63) is 54.6 Å². The number of rotatable bonds is 7. The number of aliphatic carboxylic acids is 1. The van der Waals surface area contributed by atoms with Gasteiger partial charge in [-0.3, -0.25) is 0 Å². The highest BCUT2D eigenvalue weighted by atomic mass is 16.5. The Morgan fingerprint density at radius 2 is 2.10 bits per heavy atom. The number of carboxylic acid groups (broad SMARTS) is 1. The second kappa shape index (κ2) is 6.73. The van der Waals surface area contributed by atoms with Gasteiger partial charge < -0.3 is 15.2 Å². The molecule has 2 N–H and O–H groups in total. The molecule has 0 saturated heterocycles. The Kier molecular flexibility index (Phi) is 4.74. The van der Waals surface area contributed by atoms with Crippen molar-refractivity contribution in [3.63, 3.8) is 0 Å². The van der Waals surface area contributed by atoms with Gasteiger partial charge in [-0.1, -0.05) is 36.4 Å². The average molecular weight is 271 g/mol. The normalized spacial score (nSPS) is 10.4. The van der Waals surface area contributed by atoms with Crippen molar-refractivity contribution in [1.82, 2.24) is 5.32 Å². The van der Waals surface area contributed by atoms with Crippen molar-refractivity contribution in [3.8, 4) is 5.75 Å². The Morgan fingerprint density at radius 3 is 2.85 bits per heavy atom. The monoisotopic (exact) mass is 271 g/mol. The summed E-state index contributed by atoms with van der Waals surface area (Å²) in [4.78, 5) is 10.7. The lowest BCUT2D eigenvalue weighted by atomic mass is 10.0. The zero-order valence-electron chi connectivity index (χ0n) is 11.1. The van der Waals surface area contributed by atoms with Crippen LogP contribution in [0, 0.1) is 0 Å². The molecule has 0 aliphatic carbocycles. The summed E-state index contributed by atoms with van der Waals surface area (Å²) in [6, 6.07) is 11.7. The summed E-state index contributed by atoms with van der Waals surface area (Å²) < 4.78 is 5.37. The molecule has 0 atom stereocenters. The van der Waals surface area contributed by atoms with E-state index in [1.165, 1.54) is 0 Å². The van der Waals surface area contributed by atoms with E-state index in [1.807, 2.05) is 36.4 Å². The molecule has 0 heterocycles. The van der Waals surface area contributed by atoms with E-state index in [1.54, 1.807) is 6.08 Å². The van der Waals surface area contributed by atoms with Gasteiger partial charge in [-0.05, 0) is 16.8 Å². The molecule has 0 aliphatic heterocycles. The van der Waals surface area contributed by atoms with Crippen LogP contribution in [-0.2, 0) is 11.3 Å². The molecule has 104 valence electrons. The molecule has 2 aromatic carbocycles. The standard InChI is InChI=1S/C16H17NO3/c1-2-9-17-10-14-13-6-4-3-5-12(13)7-8-15(14)20-11-16(18)19/h2-8,17H,1,9-11H2,(H,18,19). The van der Waals surface area contributed by atoms with Gasteiger partial charge in [0.1, 0.15) is 5.75 Å². The predicted octanol–water partition coefficient (Wildman–Crippen LogP) is 2.58. The summed E-state index contributed by atoms with van der Waals surface area (Å²) in [6.07, 6.45) is 1.78.